The van der Waals surface area contributed by atoms with Gasteiger partial charge in [-0.1, -0.05) is 12.2 Å². The fourth-order valence-electron chi connectivity index (χ4n) is 0.937. The van der Waals surface area contributed by atoms with Gasteiger partial charge in [0.1, 0.15) is 5.75 Å². The van der Waals surface area contributed by atoms with Crippen LogP contribution in [0.5, 0.6) is 5.75 Å². The maximum atomic E-state index is 9.35. The van der Waals surface area contributed by atoms with Crippen molar-refractivity contribution in [3.63, 3.8) is 0 Å². The highest BCUT2D eigenvalue weighted by atomic mass is 16.3. The van der Waals surface area contributed by atoms with E-state index in [0.29, 0.717) is 0 Å². The SMILES string of the molecule is C[C@@H](N)CC=Cc1cnccc1O. The first kappa shape index (κ1) is 9.74. The molecule has 0 aliphatic heterocycles. The summed E-state index contributed by atoms with van der Waals surface area (Å²) in [6, 6.07) is 1.71. The van der Waals surface area contributed by atoms with Crippen molar-refractivity contribution >= 4 is 6.08 Å². The minimum Gasteiger partial charge on any atom is -0.507 e. The molecule has 0 fully saturated rings. The van der Waals surface area contributed by atoms with E-state index in [1.54, 1.807) is 18.5 Å². The van der Waals surface area contributed by atoms with E-state index in [4.69, 9.17) is 5.73 Å². The molecule has 0 radical (unpaired) electrons. The van der Waals surface area contributed by atoms with Crippen molar-refractivity contribution in [2.45, 2.75) is 19.4 Å². The number of hydrogen-bond acceptors (Lipinski definition) is 3. The van der Waals surface area contributed by atoms with Crippen molar-refractivity contribution in [2.24, 2.45) is 5.73 Å². The quantitative estimate of drug-likeness (QED) is 0.738. The Hall–Kier alpha value is -1.35. The summed E-state index contributed by atoms with van der Waals surface area (Å²) in [7, 11) is 0. The highest BCUT2D eigenvalue weighted by Crippen LogP contribution is 2.15. The Bertz CT molecular complexity index is 295. The maximum Gasteiger partial charge on any atom is 0.125 e. The van der Waals surface area contributed by atoms with Gasteiger partial charge in [-0.15, -0.1) is 0 Å². The Labute approximate surface area is 77.9 Å². The Morgan fingerprint density at radius 2 is 2.46 bits per heavy atom. The second kappa shape index (κ2) is 4.62. The number of hydrogen-bond donors (Lipinski definition) is 2. The van der Waals surface area contributed by atoms with Crippen molar-refractivity contribution in [2.75, 3.05) is 0 Å². The van der Waals surface area contributed by atoms with Crippen LogP contribution in [-0.2, 0) is 0 Å². The van der Waals surface area contributed by atoms with E-state index in [0.717, 1.165) is 12.0 Å². The van der Waals surface area contributed by atoms with Gasteiger partial charge in [0.2, 0.25) is 0 Å². The lowest BCUT2D eigenvalue weighted by Gasteiger charge is -1.99. The summed E-state index contributed by atoms with van der Waals surface area (Å²) >= 11 is 0. The van der Waals surface area contributed by atoms with Gasteiger partial charge in [-0.3, -0.25) is 4.98 Å². The molecule has 1 rings (SSSR count). The van der Waals surface area contributed by atoms with Crippen LogP contribution in [0.4, 0.5) is 0 Å². The van der Waals surface area contributed by atoms with E-state index in [1.165, 1.54) is 0 Å². The third-order valence-electron chi connectivity index (χ3n) is 1.63. The van der Waals surface area contributed by atoms with E-state index in [2.05, 4.69) is 4.98 Å². The van der Waals surface area contributed by atoms with E-state index in [-0.39, 0.29) is 11.8 Å². The predicted octanol–water partition coefficient (Wildman–Crippen LogP) is 1.54. The van der Waals surface area contributed by atoms with Gasteiger partial charge in [-0.05, 0) is 19.4 Å². The molecule has 0 aliphatic carbocycles. The maximum absolute atomic E-state index is 9.35. The summed E-state index contributed by atoms with van der Waals surface area (Å²) in [6.07, 6.45) is 7.73. The van der Waals surface area contributed by atoms with Crippen LogP contribution in [0.2, 0.25) is 0 Å². The van der Waals surface area contributed by atoms with Crippen LogP contribution in [-0.4, -0.2) is 16.1 Å². The van der Waals surface area contributed by atoms with Gasteiger partial charge in [0, 0.05) is 24.0 Å². The molecule has 1 atom stereocenters. The van der Waals surface area contributed by atoms with Crippen LogP contribution in [0.1, 0.15) is 18.9 Å². The fraction of sp³-hybridized carbons (Fsp3) is 0.300. The Balaban J connectivity index is 2.63. The van der Waals surface area contributed by atoms with Crippen molar-refractivity contribution in [1.82, 2.24) is 4.98 Å². The van der Waals surface area contributed by atoms with Crippen molar-refractivity contribution in [1.29, 1.82) is 0 Å². The lowest BCUT2D eigenvalue weighted by atomic mass is 10.2. The predicted molar refractivity (Wildman–Crippen MR) is 53.2 cm³/mol. The summed E-state index contributed by atoms with van der Waals surface area (Å²) in [5.74, 6) is 0.246. The third-order valence-corrected chi connectivity index (χ3v) is 1.63. The van der Waals surface area contributed by atoms with Gasteiger partial charge in [0.25, 0.3) is 0 Å². The van der Waals surface area contributed by atoms with Crippen molar-refractivity contribution in [3.8, 4) is 5.75 Å². The molecule has 0 unspecified atom stereocenters. The van der Waals surface area contributed by atoms with Gasteiger partial charge in [0.15, 0.2) is 0 Å². The van der Waals surface area contributed by atoms with Crippen LogP contribution in [0.15, 0.2) is 24.5 Å². The van der Waals surface area contributed by atoms with E-state index in [1.807, 2.05) is 19.1 Å². The molecular formula is C10H14N2O. The molecule has 0 aromatic carbocycles. The van der Waals surface area contributed by atoms with Crippen LogP contribution in [0, 0.1) is 0 Å². The topological polar surface area (TPSA) is 59.1 Å². The van der Waals surface area contributed by atoms with Crippen LogP contribution in [0.25, 0.3) is 6.08 Å². The number of aromatic nitrogens is 1. The minimum absolute atomic E-state index is 0.148. The highest BCUT2D eigenvalue weighted by Gasteiger charge is 1.94. The van der Waals surface area contributed by atoms with Gasteiger partial charge in [0.05, 0.1) is 0 Å². The lowest BCUT2D eigenvalue weighted by molar-refractivity contribution is 0.473. The summed E-state index contributed by atoms with van der Waals surface area (Å²) in [5.41, 5.74) is 6.29. The first-order valence-electron chi connectivity index (χ1n) is 4.25. The molecule has 70 valence electrons. The second-order valence-corrected chi connectivity index (χ2v) is 3.05. The number of aromatic hydroxyl groups is 1. The Kier molecular flexibility index (Phi) is 3.46. The molecular weight excluding hydrogens is 164 g/mol. The molecule has 0 aliphatic rings. The van der Waals surface area contributed by atoms with E-state index < -0.39 is 0 Å². The molecule has 3 heteroatoms. The zero-order valence-corrected chi connectivity index (χ0v) is 7.64. The number of rotatable bonds is 3. The molecule has 13 heavy (non-hydrogen) atoms. The van der Waals surface area contributed by atoms with Crippen molar-refractivity contribution < 1.29 is 5.11 Å². The molecule has 0 bridgehead atoms. The molecule has 1 aromatic heterocycles. The standard InChI is InChI=1S/C10H14N2O/c1-8(11)3-2-4-9-7-12-6-5-10(9)13/h2,4-8H,3,11H2,1H3,(H,12,13)/t8-/m1/s1. The van der Waals surface area contributed by atoms with Gasteiger partial charge in [-0.2, -0.15) is 0 Å². The molecule has 0 saturated carbocycles. The summed E-state index contributed by atoms with van der Waals surface area (Å²) in [4.78, 5) is 3.90. The van der Waals surface area contributed by atoms with Crippen LogP contribution >= 0.6 is 0 Å². The largest absolute Gasteiger partial charge is 0.507 e. The summed E-state index contributed by atoms with van der Waals surface area (Å²) in [5, 5.41) is 9.35. The zero-order valence-electron chi connectivity index (χ0n) is 7.64. The summed E-state index contributed by atoms with van der Waals surface area (Å²) in [6.45, 7) is 1.94. The van der Waals surface area contributed by atoms with Gasteiger partial charge >= 0.3 is 0 Å². The van der Waals surface area contributed by atoms with Gasteiger partial charge in [-0.25, -0.2) is 0 Å². The van der Waals surface area contributed by atoms with Crippen LogP contribution in [0.3, 0.4) is 0 Å². The fourth-order valence-corrected chi connectivity index (χ4v) is 0.937. The molecule has 1 heterocycles. The third kappa shape index (κ3) is 3.25. The summed E-state index contributed by atoms with van der Waals surface area (Å²) < 4.78 is 0. The lowest BCUT2D eigenvalue weighted by Crippen LogP contribution is -2.12. The molecule has 1 aromatic rings. The van der Waals surface area contributed by atoms with Crippen molar-refractivity contribution in [3.05, 3.63) is 30.1 Å². The Morgan fingerprint density at radius 3 is 3.08 bits per heavy atom. The number of pyridine rings is 1. The molecule has 0 amide bonds. The minimum atomic E-state index is 0.148. The average Bonchev–Trinajstić information content (AvgIpc) is 2.08. The first-order chi connectivity index (χ1) is 6.20. The van der Waals surface area contributed by atoms with Gasteiger partial charge < -0.3 is 10.8 Å². The second-order valence-electron chi connectivity index (χ2n) is 3.05. The van der Waals surface area contributed by atoms with Crippen LogP contribution < -0.4 is 5.73 Å². The smallest absolute Gasteiger partial charge is 0.125 e. The Morgan fingerprint density at radius 1 is 1.69 bits per heavy atom. The van der Waals surface area contributed by atoms with E-state index in [9.17, 15) is 5.11 Å². The number of nitrogens with two attached hydrogens (primary N) is 1. The average molecular weight is 178 g/mol. The monoisotopic (exact) mass is 178 g/mol. The normalized spacial score (nSPS) is 13.4. The molecule has 3 N–H and O–H groups in total. The highest BCUT2D eigenvalue weighted by molar-refractivity contribution is 5.55. The van der Waals surface area contributed by atoms with E-state index >= 15 is 0 Å². The molecule has 0 saturated heterocycles. The molecule has 3 nitrogen and oxygen atoms in total. The number of nitrogens with zero attached hydrogens (tertiary/aromatic N) is 1. The molecule has 0 spiro atoms. The zero-order chi connectivity index (χ0) is 9.68. The first-order valence-corrected chi connectivity index (χ1v) is 4.25.